The number of nitrogens with one attached hydrogen (secondary N) is 1. The number of amides is 2. The number of pyridine rings is 1. The highest BCUT2D eigenvalue weighted by Gasteiger charge is 2.23. The molecule has 0 aromatic carbocycles. The summed E-state index contributed by atoms with van der Waals surface area (Å²) in [6.45, 7) is 3.95. The van der Waals surface area contributed by atoms with Crippen LogP contribution in [-0.4, -0.2) is 67.3 Å². The molecule has 23 heavy (non-hydrogen) atoms. The van der Waals surface area contributed by atoms with Crippen LogP contribution in [0.15, 0.2) is 22.7 Å². The molecule has 124 valence electrons. The van der Waals surface area contributed by atoms with Crippen molar-refractivity contribution in [1.29, 1.82) is 0 Å². The first-order chi connectivity index (χ1) is 11.3. The van der Waals surface area contributed by atoms with Gasteiger partial charge in [0, 0.05) is 52.6 Å². The first-order valence-corrected chi connectivity index (χ1v) is 7.76. The number of carbonyl (C=O) groups excluding carboxylic acids is 1. The summed E-state index contributed by atoms with van der Waals surface area (Å²) in [6, 6.07) is 4.21. The van der Waals surface area contributed by atoms with Crippen molar-refractivity contribution in [1.82, 2.24) is 20.2 Å². The van der Waals surface area contributed by atoms with Gasteiger partial charge in [-0.05, 0) is 18.6 Å². The summed E-state index contributed by atoms with van der Waals surface area (Å²) in [4.78, 5) is 24.5. The Labute approximate surface area is 134 Å². The van der Waals surface area contributed by atoms with E-state index in [2.05, 4.69) is 15.3 Å². The van der Waals surface area contributed by atoms with E-state index in [4.69, 9.17) is 9.15 Å². The third-order valence-corrected chi connectivity index (χ3v) is 3.79. The Morgan fingerprint density at radius 3 is 2.96 bits per heavy atom. The summed E-state index contributed by atoms with van der Waals surface area (Å²) in [6.07, 6.45) is 2.51. The van der Waals surface area contributed by atoms with E-state index in [-0.39, 0.29) is 6.03 Å². The smallest absolute Gasteiger partial charge is 0.317 e. The van der Waals surface area contributed by atoms with Crippen molar-refractivity contribution < 1.29 is 13.9 Å². The number of rotatable bonds is 5. The van der Waals surface area contributed by atoms with Crippen LogP contribution in [0, 0.1) is 0 Å². The number of nitrogens with zero attached hydrogens (tertiary/aromatic N) is 4. The Morgan fingerprint density at radius 2 is 2.22 bits per heavy atom. The average molecular weight is 319 g/mol. The van der Waals surface area contributed by atoms with Crippen LogP contribution in [0.5, 0.6) is 0 Å². The van der Waals surface area contributed by atoms with E-state index in [1.54, 1.807) is 13.3 Å². The number of urea groups is 1. The second-order valence-corrected chi connectivity index (χ2v) is 5.37. The molecule has 1 aliphatic heterocycles. The van der Waals surface area contributed by atoms with Gasteiger partial charge in [-0.1, -0.05) is 0 Å². The lowest BCUT2D eigenvalue weighted by Gasteiger charge is -2.33. The Balaban J connectivity index is 1.50. The predicted octanol–water partition coefficient (Wildman–Crippen LogP) is 1.09. The molecule has 8 heteroatoms. The SMILES string of the molecule is COCCCNC(=O)N1CCN(c2nc3ncccc3o2)CC1. The van der Waals surface area contributed by atoms with Gasteiger partial charge < -0.3 is 24.3 Å². The van der Waals surface area contributed by atoms with Gasteiger partial charge in [-0.25, -0.2) is 9.78 Å². The second kappa shape index (κ2) is 7.28. The molecule has 0 saturated carbocycles. The number of ether oxygens (including phenoxy) is 1. The fourth-order valence-electron chi connectivity index (χ4n) is 2.52. The van der Waals surface area contributed by atoms with Crippen LogP contribution < -0.4 is 10.2 Å². The average Bonchev–Trinajstić information content (AvgIpc) is 3.03. The van der Waals surface area contributed by atoms with Crippen molar-refractivity contribution >= 4 is 23.3 Å². The first kappa shape index (κ1) is 15.5. The molecular weight excluding hydrogens is 298 g/mol. The van der Waals surface area contributed by atoms with Crippen molar-refractivity contribution in [3.8, 4) is 0 Å². The number of piperazine rings is 1. The Kier molecular flexibility index (Phi) is 4.92. The van der Waals surface area contributed by atoms with Gasteiger partial charge in [-0.3, -0.25) is 0 Å². The van der Waals surface area contributed by atoms with Crippen LogP contribution >= 0.6 is 0 Å². The molecule has 8 nitrogen and oxygen atoms in total. The summed E-state index contributed by atoms with van der Waals surface area (Å²) in [5.74, 6) is 0. The van der Waals surface area contributed by atoms with E-state index in [9.17, 15) is 4.79 Å². The van der Waals surface area contributed by atoms with Gasteiger partial charge >= 0.3 is 6.03 Å². The molecule has 1 saturated heterocycles. The largest absolute Gasteiger partial charge is 0.422 e. The minimum absolute atomic E-state index is 0.0278. The van der Waals surface area contributed by atoms with Gasteiger partial charge in [0.15, 0.2) is 5.58 Å². The molecule has 2 amide bonds. The number of hydrogen-bond acceptors (Lipinski definition) is 6. The normalized spacial score (nSPS) is 15.2. The molecule has 1 fully saturated rings. The van der Waals surface area contributed by atoms with Crippen molar-refractivity contribution in [3.05, 3.63) is 18.3 Å². The van der Waals surface area contributed by atoms with Gasteiger partial charge in [-0.2, -0.15) is 4.98 Å². The minimum atomic E-state index is -0.0278. The van der Waals surface area contributed by atoms with Crippen LogP contribution in [0.3, 0.4) is 0 Å². The maximum atomic E-state index is 12.1. The Bertz CT molecular complexity index is 618. The van der Waals surface area contributed by atoms with Gasteiger partial charge in [-0.15, -0.1) is 0 Å². The topological polar surface area (TPSA) is 83.7 Å². The first-order valence-electron chi connectivity index (χ1n) is 7.76. The zero-order valence-electron chi connectivity index (χ0n) is 13.2. The fourth-order valence-corrected chi connectivity index (χ4v) is 2.52. The van der Waals surface area contributed by atoms with E-state index < -0.39 is 0 Å². The monoisotopic (exact) mass is 319 g/mol. The quantitative estimate of drug-likeness (QED) is 0.831. The van der Waals surface area contributed by atoms with Gasteiger partial charge in [0.2, 0.25) is 5.65 Å². The third-order valence-electron chi connectivity index (χ3n) is 3.79. The number of anilines is 1. The van der Waals surface area contributed by atoms with Crippen LogP contribution in [0.2, 0.25) is 0 Å². The number of carbonyl (C=O) groups is 1. The van der Waals surface area contributed by atoms with Crippen LogP contribution in [-0.2, 0) is 4.74 Å². The summed E-state index contributed by atoms with van der Waals surface area (Å²) in [5, 5.41) is 2.90. The Morgan fingerprint density at radius 1 is 1.39 bits per heavy atom. The number of hydrogen-bond donors (Lipinski definition) is 1. The van der Waals surface area contributed by atoms with Crippen molar-refractivity contribution in [2.75, 3.05) is 51.3 Å². The maximum absolute atomic E-state index is 12.1. The second-order valence-electron chi connectivity index (χ2n) is 5.37. The van der Waals surface area contributed by atoms with Crippen molar-refractivity contribution in [2.45, 2.75) is 6.42 Å². The van der Waals surface area contributed by atoms with Crippen molar-refractivity contribution in [2.24, 2.45) is 0 Å². The lowest BCUT2D eigenvalue weighted by Crippen LogP contribution is -2.52. The van der Waals surface area contributed by atoms with Crippen LogP contribution in [0.4, 0.5) is 10.8 Å². The van der Waals surface area contributed by atoms with E-state index in [0.717, 1.165) is 6.42 Å². The van der Waals surface area contributed by atoms with E-state index in [0.29, 0.717) is 56.6 Å². The lowest BCUT2D eigenvalue weighted by atomic mass is 10.3. The minimum Gasteiger partial charge on any atom is -0.422 e. The summed E-state index contributed by atoms with van der Waals surface area (Å²) in [5.41, 5.74) is 1.29. The molecule has 0 radical (unpaired) electrons. The number of fused-ring (bicyclic) bond motifs is 1. The van der Waals surface area contributed by atoms with Gasteiger partial charge in [0.1, 0.15) is 0 Å². The molecule has 2 aromatic heterocycles. The number of oxazole rings is 1. The standard InChI is InChI=1S/C15H21N5O3/c1-22-11-3-6-17-14(21)19-7-9-20(10-8-19)15-18-13-12(23-15)4-2-5-16-13/h2,4-5H,3,6-11H2,1H3,(H,17,21). The van der Waals surface area contributed by atoms with E-state index >= 15 is 0 Å². The van der Waals surface area contributed by atoms with E-state index in [1.165, 1.54) is 0 Å². The lowest BCUT2D eigenvalue weighted by molar-refractivity contribution is 0.183. The molecule has 0 atom stereocenters. The van der Waals surface area contributed by atoms with E-state index in [1.807, 2.05) is 21.9 Å². The molecule has 0 spiro atoms. The fraction of sp³-hybridized carbons (Fsp3) is 0.533. The molecule has 3 rings (SSSR count). The van der Waals surface area contributed by atoms with Crippen molar-refractivity contribution in [3.63, 3.8) is 0 Å². The maximum Gasteiger partial charge on any atom is 0.317 e. The highest BCUT2D eigenvalue weighted by Crippen LogP contribution is 2.21. The zero-order chi connectivity index (χ0) is 16.1. The third kappa shape index (κ3) is 3.70. The molecule has 1 aliphatic rings. The highest BCUT2D eigenvalue weighted by atomic mass is 16.5. The molecule has 3 heterocycles. The highest BCUT2D eigenvalue weighted by molar-refractivity contribution is 5.74. The van der Waals surface area contributed by atoms with Gasteiger partial charge in [0.05, 0.1) is 0 Å². The molecule has 0 unspecified atom stereocenters. The number of methoxy groups -OCH3 is 1. The molecule has 0 aliphatic carbocycles. The van der Waals surface area contributed by atoms with Crippen LogP contribution in [0.1, 0.15) is 6.42 Å². The number of aromatic nitrogens is 2. The molecule has 2 aromatic rings. The molecule has 0 bridgehead atoms. The predicted molar refractivity (Wildman–Crippen MR) is 85.5 cm³/mol. The zero-order valence-corrected chi connectivity index (χ0v) is 13.2. The Hall–Kier alpha value is -2.35. The molecule has 1 N–H and O–H groups in total. The molecular formula is C15H21N5O3. The van der Waals surface area contributed by atoms with Crippen LogP contribution in [0.25, 0.3) is 11.2 Å². The summed E-state index contributed by atoms with van der Waals surface area (Å²) in [7, 11) is 1.66. The van der Waals surface area contributed by atoms with Gasteiger partial charge in [0.25, 0.3) is 6.01 Å². The summed E-state index contributed by atoms with van der Waals surface area (Å²) >= 11 is 0. The summed E-state index contributed by atoms with van der Waals surface area (Å²) < 4.78 is 10.7.